The van der Waals surface area contributed by atoms with Gasteiger partial charge in [-0.05, 0) is 0 Å². The zero-order chi connectivity index (χ0) is 8.48. The summed E-state index contributed by atoms with van der Waals surface area (Å²) in [7, 11) is -2.44. The molecule has 1 aliphatic heterocycles. The summed E-state index contributed by atoms with van der Waals surface area (Å²) >= 11 is 3.60. The van der Waals surface area contributed by atoms with Gasteiger partial charge in [0.05, 0.1) is 7.11 Å². The van der Waals surface area contributed by atoms with Crippen LogP contribution in [-0.4, -0.2) is 27.3 Å². The predicted octanol–water partition coefficient (Wildman–Crippen LogP) is -0.877. The molecule has 0 aliphatic carbocycles. The van der Waals surface area contributed by atoms with Crippen molar-refractivity contribution in [2.45, 2.75) is 0 Å². The van der Waals surface area contributed by atoms with Gasteiger partial charge in [-0.25, -0.2) is 0 Å². The van der Waals surface area contributed by atoms with E-state index in [1.807, 2.05) is 0 Å². The van der Waals surface area contributed by atoms with Crippen LogP contribution in [0.15, 0.2) is 8.80 Å². The Bertz CT molecular complexity index is 291. The molecule has 1 rings (SSSR count). The molecule has 6 nitrogen and oxygen atoms in total. The van der Waals surface area contributed by atoms with E-state index < -0.39 is 10.2 Å². The largest absolute Gasteiger partial charge is 0.478 e. The van der Waals surface area contributed by atoms with Gasteiger partial charge in [0.1, 0.15) is 0 Å². The first-order chi connectivity index (χ1) is 5.09. The van der Waals surface area contributed by atoms with E-state index >= 15 is 0 Å². The summed E-state index contributed by atoms with van der Waals surface area (Å²) < 4.78 is 34.4. The summed E-state index contributed by atoms with van der Waals surface area (Å²) in [6.45, 7) is 0. The molecule has 0 atom stereocenters. The van der Waals surface area contributed by atoms with Crippen LogP contribution in [0.5, 0.6) is 0 Å². The number of methoxy groups -OCH3 is 1. The van der Waals surface area contributed by atoms with Gasteiger partial charge in [0.2, 0.25) is 5.84 Å². The highest BCUT2D eigenvalue weighted by atomic mass is 32.2. The summed E-state index contributed by atoms with van der Waals surface area (Å²) in [5.74, 6) is -0.0872. The number of nitrogens with one attached hydrogen (secondary N) is 1. The molecule has 0 aromatic heterocycles. The van der Waals surface area contributed by atoms with Crippen LogP contribution >= 0.6 is 12.8 Å². The Morgan fingerprint density at radius 2 is 2.18 bits per heavy atom. The Hall–Kier alpha value is -0.760. The second kappa shape index (κ2) is 2.70. The van der Waals surface area contributed by atoms with Crippen molar-refractivity contribution in [3.8, 4) is 0 Å². The minimum absolute atomic E-state index is 0.00386. The van der Waals surface area contributed by atoms with E-state index in [0.717, 1.165) is 0 Å². The van der Waals surface area contributed by atoms with Gasteiger partial charge in [0, 0.05) is 0 Å². The van der Waals surface area contributed by atoms with Crippen molar-refractivity contribution in [3.63, 3.8) is 0 Å². The Labute approximate surface area is 69.1 Å². The van der Waals surface area contributed by atoms with Gasteiger partial charge < -0.3 is 9.46 Å². The first-order valence-electron chi connectivity index (χ1n) is 2.48. The standard InChI is InChI=1S/C3H5N3O3S2/c1-9-3-2(4-10)5-11(7,8)6-3/h10H,1H3,(H,4,5). The fourth-order valence-corrected chi connectivity index (χ4v) is 1.50. The monoisotopic (exact) mass is 195 g/mol. The average molecular weight is 195 g/mol. The zero-order valence-corrected chi connectivity index (χ0v) is 7.19. The molecule has 0 fully saturated rings. The molecule has 0 saturated heterocycles. The van der Waals surface area contributed by atoms with Crippen molar-refractivity contribution in [2.75, 3.05) is 7.11 Å². The molecule has 0 amide bonds. The normalized spacial score (nSPS) is 20.5. The quantitative estimate of drug-likeness (QED) is 0.492. The van der Waals surface area contributed by atoms with Gasteiger partial charge in [0.15, 0.2) is 0 Å². The van der Waals surface area contributed by atoms with E-state index in [-0.39, 0.29) is 11.7 Å². The lowest BCUT2D eigenvalue weighted by Crippen LogP contribution is -2.22. The summed E-state index contributed by atoms with van der Waals surface area (Å²) in [6, 6.07) is 0. The third kappa shape index (κ3) is 1.63. The minimum Gasteiger partial charge on any atom is -0.478 e. The Morgan fingerprint density at radius 3 is 2.55 bits per heavy atom. The smallest absolute Gasteiger partial charge is 0.368 e. The molecule has 0 saturated carbocycles. The summed E-state index contributed by atoms with van der Waals surface area (Å²) in [4.78, 5) is 0. The van der Waals surface area contributed by atoms with Crippen LogP contribution in [-0.2, 0) is 14.9 Å². The van der Waals surface area contributed by atoms with Crippen LogP contribution in [0, 0.1) is 0 Å². The van der Waals surface area contributed by atoms with Gasteiger partial charge in [-0.2, -0.15) is 8.42 Å². The van der Waals surface area contributed by atoms with E-state index in [1.54, 1.807) is 0 Å². The van der Waals surface area contributed by atoms with Crippen LogP contribution in [0.25, 0.3) is 0 Å². The maximum atomic E-state index is 10.6. The molecule has 1 N–H and O–H groups in total. The molecule has 0 spiro atoms. The number of amidine groups is 1. The highest BCUT2D eigenvalue weighted by Crippen LogP contribution is 2.05. The molecule has 0 unspecified atom stereocenters. The second-order valence-corrected chi connectivity index (χ2v) is 3.08. The predicted molar refractivity (Wildman–Crippen MR) is 42.9 cm³/mol. The molecule has 0 aromatic rings. The molecule has 11 heavy (non-hydrogen) atoms. The SMILES string of the molecule is COC1=NS(=O)(=O)N=C1NS. The number of hydrogen-bond donors (Lipinski definition) is 2. The first kappa shape index (κ1) is 8.34. The fraction of sp³-hybridized carbons (Fsp3) is 0.333. The van der Waals surface area contributed by atoms with Gasteiger partial charge in [-0.1, -0.05) is 12.8 Å². The number of rotatable bonds is 0. The van der Waals surface area contributed by atoms with E-state index in [9.17, 15) is 8.42 Å². The van der Waals surface area contributed by atoms with Crippen molar-refractivity contribution < 1.29 is 13.2 Å². The topological polar surface area (TPSA) is 80.1 Å². The first-order valence-corrected chi connectivity index (χ1v) is 4.33. The molecular formula is C3H5N3O3S2. The molecule has 1 aliphatic rings. The van der Waals surface area contributed by atoms with Gasteiger partial charge in [-0.3, -0.25) is 0 Å². The van der Waals surface area contributed by atoms with Crippen LogP contribution in [0.2, 0.25) is 0 Å². The number of nitrogens with zero attached hydrogens (tertiary/aromatic N) is 2. The number of hydrogen-bond acceptors (Lipinski definition) is 5. The van der Waals surface area contributed by atoms with E-state index in [1.165, 1.54) is 7.11 Å². The lowest BCUT2D eigenvalue weighted by Gasteiger charge is -1.97. The number of ether oxygens (including phenoxy) is 1. The van der Waals surface area contributed by atoms with Crippen molar-refractivity contribution in [2.24, 2.45) is 8.80 Å². The van der Waals surface area contributed by atoms with E-state index in [2.05, 4.69) is 31.1 Å². The van der Waals surface area contributed by atoms with Crippen molar-refractivity contribution in [1.29, 1.82) is 0 Å². The maximum absolute atomic E-state index is 10.6. The third-order valence-corrected chi connectivity index (χ3v) is 1.93. The van der Waals surface area contributed by atoms with Crippen molar-refractivity contribution >= 4 is 34.8 Å². The van der Waals surface area contributed by atoms with Crippen LogP contribution < -0.4 is 4.72 Å². The maximum Gasteiger partial charge on any atom is 0.368 e. The van der Waals surface area contributed by atoms with Crippen molar-refractivity contribution in [1.82, 2.24) is 4.72 Å². The van der Waals surface area contributed by atoms with Gasteiger partial charge in [-0.15, -0.1) is 8.80 Å². The molecule has 0 radical (unpaired) electrons. The minimum atomic E-state index is -3.73. The van der Waals surface area contributed by atoms with Crippen LogP contribution in [0.4, 0.5) is 0 Å². The van der Waals surface area contributed by atoms with Gasteiger partial charge >= 0.3 is 10.2 Å². The summed E-state index contributed by atoms with van der Waals surface area (Å²) in [5.41, 5.74) is 0. The second-order valence-electron chi connectivity index (χ2n) is 1.60. The fourth-order valence-electron chi connectivity index (χ4n) is 0.525. The lowest BCUT2D eigenvalue weighted by atomic mass is 10.6. The third-order valence-electron chi connectivity index (χ3n) is 0.907. The van der Waals surface area contributed by atoms with E-state index in [0.29, 0.717) is 0 Å². The molecule has 8 heteroatoms. The zero-order valence-electron chi connectivity index (χ0n) is 5.47. The van der Waals surface area contributed by atoms with Gasteiger partial charge in [0.25, 0.3) is 5.90 Å². The Morgan fingerprint density at radius 1 is 1.55 bits per heavy atom. The van der Waals surface area contributed by atoms with Crippen LogP contribution in [0.3, 0.4) is 0 Å². The molecule has 1 heterocycles. The molecule has 0 bridgehead atoms. The van der Waals surface area contributed by atoms with Crippen molar-refractivity contribution in [3.05, 3.63) is 0 Å². The Kier molecular flexibility index (Phi) is 2.05. The van der Waals surface area contributed by atoms with E-state index in [4.69, 9.17) is 0 Å². The highest BCUT2D eigenvalue weighted by molar-refractivity contribution is 7.89. The molecule has 62 valence electrons. The lowest BCUT2D eigenvalue weighted by molar-refractivity contribution is 0.412. The Balaban J connectivity index is 3.09. The summed E-state index contributed by atoms with van der Waals surface area (Å²) in [5, 5.41) is 0. The molecule has 0 aromatic carbocycles. The number of thiol groups is 1. The summed E-state index contributed by atoms with van der Waals surface area (Å²) in [6.07, 6.45) is 0. The molecular weight excluding hydrogens is 190 g/mol. The highest BCUT2D eigenvalue weighted by Gasteiger charge is 2.23. The van der Waals surface area contributed by atoms with Crippen LogP contribution in [0.1, 0.15) is 0 Å². The average Bonchev–Trinajstić information content (AvgIpc) is 2.25.